The largest absolute Gasteiger partial charge is 0.347 e. The quantitative estimate of drug-likeness (QED) is 0.298. The van der Waals surface area contributed by atoms with Crippen molar-refractivity contribution in [3.8, 4) is 0 Å². The molecule has 0 aromatic carbocycles. The van der Waals surface area contributed by atoms with E-state index in [0.29, 0.717) is 17.5 Å². The number of imidazole rings is 3. The molecule has 6 heterocycles. The van der Waals surface area contributed by atoms with E-state index in [1.807, 2.05) is 0 Å². The normalized spacial score (nSPS) is 12.4. The van der Waals surface area contributed by atoms with E-state index in [9.17, 15) is 0 Å². The first-order chi connectivity index (χ1) is 15.9. The molecule has 0 amide bonds. The van der Waals surface area contributed by atoms with E-state index in [4.69, 9.17) is 0 Å². The fourth-order valence-corrected chi connectivity index (χ4v) is 4.18. The van der Waals surface area contributed by atoms with Gasteiger partial charge in [-0.1, -0.05) is 15.6 Å². The third-order valence-electron chi connectivity index (χ3n) is 5.29. The highest BCUT2D eigenvalue weighted by molar-refractivity contribution is 5.40. The van der Waals surface area contributed by atoms with Crippen LogP contribution in [-0.2, 0) is 11.2 Å². The average Bonchev–Trinajstić information content (AvgIpc) is 3.67. The van der Waals surface area contributed by atoms with Crippen molar-refractivity contribution in [1.29, 1.82) is 0 Å². The van der Waals surface area contributed by atoms with Crippen LogP contribution in [0.4, 0.5) is 0 Å². The van der Waals surface area contributed by atoms with Gasteiger partial charge in [0.25, 0.3) is 5.79 Å². The molecule has 0 aliphatic carbocycles. The zero-order valence-corrected chi connectivity index (χ0v) is 16.3. The molecule has 0 bridgehead atoms. The number of nitrogens with zero attached hydrogens (tertiary/aromatic N) is 12. The van der Waals surface area contributed by atoms with Crippen LogP contribution in [0.25, 0.3) is 0 Å². The average molecular weight is 429 g/mol. The second-order valence-corrected chi connectivity index (χ2v) is 6.74. The molecule has 0 spiro atoms. The summed E-state index contributed by atoms with van der Waals surface area (Å²) in [7, 11) is 0. The smallest absolute Gasteiger partial charge is 0.280 e. The monoisotopic (exact) mass is 429 g/mol. The lowest BCUT2D eigenvalue weighted by Gasteiger charge is -2.45. The summed E-state index contributed by atoms with van der Waals surface area (Å²) in [5, 5.41) is 25.3. The highest BCUT2D eigenvalue weighted by Crippen LogP contribution is 2.48. The van der Waals surface area contributed by atoms with Gasteiger partial charge >= 0.3 is 0 Å². The Morgan fingerprint density at radius 1 is 0.531 bits per heavy atom. The Morgan fingerprint density at radius 2 is 0.906 bits per heavy atom. The summed E-state index contributed by atoms with van der Waals surface area (Å²) in [5.41, 5.74) is -1.36. The van der Waals surface area contributed by atoms with Crippen LogP contribution < -0.4 is 0 Å². The molecule has 0 saturated heterocycles. The van der Waals surface area contributed by atoms with Gasteiger partial charge in [0.05, 0.1) is 37.2 Å². The van der Waals surface area contributed by atoms with E-state index in [0.717, 1.165) is 0 Å². The summed E-state index contributed by atoms with van der Waals surface area (Å²) in [4.78, 5) is 23.6. The summed E-state index contributed by atoms with van der Waals surface area (Å²) in [6, 6.07) is 0. The molecule has 3 N–H and O–H groups in total. The lowest BCUT2D eigenvalue weighted by molar-refractivity contribution is 0.0347. The maximum Gasteiger partial charge on any atom is 0.280 e. The predicted molar refractivity (Wildman–Crippen MR) is 104 cm³/mol. The molecule has 0 saturated carbocycles. The Labute approximate surface area is 178 Å². The molecule has 6 aromatic rings. The van der Waals surface area contributed by atoms with E-state index in [-0.39, 0.29) is 0 Å². The zero-order chi connectivity index (χ0) is 21.4. The van der Waals surface area contributed by atoms with E-state index in [1.54, 1.807) is 88.4 Å². The third kappa shape index (κ3) is 2.15. The minimum absolute atomic E-state index is 0.476. The molecule has 15 nitrogen and oxygen atoms in total. The minimum Gasteiger partial charge on any atom is -0.347 e. The van der Waals surface area contributed by atoms with Gasteiger partial charge in [0.2, 0.25) is 5.41 Å². The van der Waals surface area contributed by atoms with Gasteiger partial charge in [-0.3, -0.25) is 0 Å². The van der Waals surface area contributed by atoms with Crippen LogP contribution in [-0.4, -0.2) is 74.9 Å². The molecule has 15 heteroatoms. The van der Waals surface area contributed by atoms with Crippen molar-refractivity contribution in [2.24, 2.45) is 0 Å². The number of hydrogen-bond acceptors (Lipinski definition) is 9. The van der Waals surface area contributed by atoms with Crippen molar-refractivity contribution in [3.63, 3.8) is 0 Å². The lowest BCUT2D eigenvalue weighted by Crippen LogP contribution is -2.65. The van der Waals surface area contributed by atoms with Crippen molar-refractivity contribution in [2.75, 3.05) is 0 Å². The highest BCUT2D eigenvalue weighted by atomic mass is 15.7. The SMILES string of the molecule is c1cn(C(n2ccnn2)(n2ccnn2)C(c2ncc[nH]2)(c2ncc[nH]2)c2ncc[nH]2)nn1. The van der Waals surface area contributed by atoms with Crippen LogP contribution in [0.5, 0.6) is 0 Å². The van der Waals surface area contributed by atoms with Crippen LogP contribution in [0.15, 0.2) is 74.4 Å². The molecule has 158 valence electrons. The second kappa shape index (κ2) is 6.79. The molecule has 6 rings (SSSR count). The predicted octanol–water partition coefficient (Wildman–Crippen LogP) is -0.628. The Hall–Kier alpha value is -4.95. The first-order valence-electron chi connectivity index (χ1n) is 9.48. The molecule has 32 heavy (non-hydrogen) atoms. The number of aromatic nitrogens is 15. The van der Waals surface area contributed by atoms with Crippen LogP contribution in [0, 0.1) is 0 Å². The third-order valence-corrected chi connectivity index (χ3v) is 5.29. The van der Waals surface area contributed by atoms with Gasteiger partial charge in [0.1, 0.15) is 17.5 Å². The van der Waals surface area contributed by atoms with Crippen molar-refractivity contribution >= 4 is 0 Å². The van der Waals surface area contributed by atoms with E-state index >= 15 is 0 Å². The Bertz CT molecular complexity index is 1070. The molecule has 0 aliphatic rings. The van der Waals surface area contributed by atoms with E-state index in [2.05, 4.69) is 60.8 Å². The van der Waals surface area contributed by atoms with E-state index in [1.165, 1.54) is 0 Å². The van der Waals surface area contributed by atoms with Gasteiger partial charge in [0.15, 0.2) is 0 Å². The molecular weight excluding hydrogens is 414 g/mol. The summed E-state index contributed by atoms with van der Waals surface area (Å²) in [6.07, 6.45) is 19.8. The summed E-state index contributed by atoms with van der Waals surface area (Å²) in [6.45, 7) is 0. The Morgan fingerprint density at radius 3 is 1.16 bits per heavy atom. The summed E-state index contributed by atoms with van der Waals surface area (Å²) in [5.74, 6) is -0.0685. The first kappa shape index (κ1) is 17.9. The zero-order valence-electron chi connectivity index (χ0n) is 16.3. The van der Waals surface area contributed by atoms with Gasteiger partial charge < -0.3 is 15.0 Å². The first-order valence-corrected chi connectivity index (χ1v) is 9.48. The molecule has 0 radical (unpaired) electrons. The topological polar surface area (TPSA) is 178 Å². The molecule has 6 aromatic heterocycles. The van der Waals surface area contributed by atoms with Crippen LogP contribution in [0.1, 0.15) is 17.5 Å². The van der Waals surface area contributed by atoms with Gasteiger partial charge in [0, 0.05) is 37.2 Å². The fraction of sp³-hybridized carbons (Fsp3) is 0.118. The van der Waals surface area contributed by atoms with Gasteiger partial charge in [-0.25, -0.2) is 29.0 Å². The molecular formula is C17H15N15. The van der Waals surface area contributed by atoms with Crippen LogP contribution in [0.3, 0.4) is 0 Å². The van der Waals surface area contributed by atoms with Crippen molar-refractivity contribution in [1.82, 2.24) is 74.9 Å². The number of aromatic amines is 3. The summed E-state index contributed by atoms with van der Waals surface area (Å²) < 4.78 is 4.76. The van der Waals surface area contributed by atoms with Crippen molar-refractivity contribution in [3.05, 3.63) is 91.8 Å². The number of rotatable bonds is 7. The Kier molecular flexibility index (Phi) is 3.79. The standard InChI is InChI=1S/C17H15N15/c1-2-19-13(18-1)16(14-20-3-4-21-14,15-22-5-6-23-15)17(30-10-7-24-27-30,31-11-8-25-28-31)32-12-9-26-29-32/h1-12H,(H,18,19)(H,20,21)(H,22,23). The number of hydrogen-bond donors (Lipinski definition) is 3. The lowest BCUT2D eigenvalue weighted by atomic mass is 9.76. The molecule has 0 aliphatic heterocycles. The minimum atomic E-state index is -1.50. The summed E-state index contributed by atoms with van der Waals surface area (Å²) >= 11 is 0. The Balaban J connectivity index is 1.88. The van der Waals surface area contributed by atoms with Crippen LogP contribution in [0.2, 0.25) is 0 Å². The maximum atomic E-state index is 4.64. The molecule has 0 fully saturated rings. The van der Waals surface area contributed by atoms with Crippen molar-refractivity contribution < 1.29 is 0 Å². The second-order valence-electron chi connectivity index (χ2n) is 6.74. The van der Waals surface area contributed by atoms with Crippen LogP contribution >= 0.6 is 0 Å². The van der Waals surface area contributed by atoms with Crippen molar-refractivity contribution in [2.45, 2.75) is 11.2 Å². The molecule has 0 unspecified atom stereocenters. The number of H-pyrrole nitrogens is 3. The van der Waals surface area contributed by atoms with E-state index < -0.39 is 11.2 Å². The highest BCUT2D eigenvalue weighted by Gasteiger charge is 2.67. The fourth-order valence-electron chi connectivity index (χ4n) is 4.18. The van der Waals surface area contributed by atoms with Gasteiger partial charge in [-0.2, -0.15) is 0 Å². The molecule has 0 atom stereocenters. The number of nitrogens with one attached hydrogen (secondary N) is 3. The van der Waals surface area contributed by atoms with Gasteiger partial charge in [-0.15, -0.1) is 15.3 Å². The maximum absolute atomic E-state index is 4.64. The van der Waals surface area contributed by atoms with Gasteiger partial charge in [-0.05, 0) is 0 Å².